The lowest BCUT2D eigenvalue weighted by atomic mass is 10.3. The third-order valence-electron chi connectivity index (χ3n) is 1.94. The van der Waals surface area contributed by atoms with E-state index in [0.29, 0.717) is 0 Å². The Labute approximate surface area is 80.0 Å². The average Bonchev–Trinajstić information content (AvgIpc) is 2.62. The Balaban J connectivity index is 0.000000653. The van der Waals surface area contributed by atoms with Crippen LogP contribution in [0.5, 0.6) is 0 Å². The van der Waals surface area contributed by atoms with Gasteiger partial charge in [-0.05, 0) is 12.1 Å². The summed E-state index contributed by atoms with van der Waals surface area (Å²) < 4.78 is 1.84. The van der Waals surface area contributed by atoms with E-state index in [1.165, 1.54) is 0 Å². The lowest BCUT2D eigenvalue weighted by Crippen LogP contribution is -1.84. The van der Waals surface area contributed by atoms with Crippen LogP contribution in [0.25, 0.3) is 16.6 Å². The van der Waals surface area contributed by atoms with Gasteiger partial charge in [-0.25, -0.2) is 4.52 Å². The van der Waals surface area contributed by atoms with Crippen molar-refractivity contribution in [1.29, 1.82) is 0 Å². The fourth-order valence-electron chi connectivity index (χ4n) is 1.39. The Kier molecular flexibility index (Phi) is 1.70. The molecule has 13 heavy (non-hydrogen) atoms. The van der Waals surface area contributed by atoms with Crippen LogP contribution in [0.3, 0.4) is 0 Å². The zero-order valence-corrected chi connectivity index (χ0v) is 7.45. The van der Waals surface area contributed by atoms with Gasteiger partial charge in [-0.3, -0.25) is 5.10 Å². The molecule has 0 aliphatic rings. The second kappa shape index (κ2) is 2.74. The zero-order chi connectivity index (χ0) is 7.97. The molecule has 0 aliphatic carbocycles. The summed E-state index contributed by atoms with van der Waals surface area (Å²) in [5, 5.41) is 12.1. The predicted molar refractivity (Wildman–Crippen MR) is 52.1 cm³/mol. The molecule has 0 saturated heterocycles. The van der Waals surface area contributed by atoms with Crippen molar-refractivity contribution in [3.63, 3.8) is 0 Å². The zero-order valence-electron chi connectivity index (χ0n) is 6.64. The summed E-state index contributed by atoms with van der Waals surface area (Å²) in [6.45, 7) is 0. The van der Waals surface area contributed by atoms with E-state index >= 15 is 0 Å². The minimum absolute atomic E-state index is 0. The van der Waals surface area contributed by atoms with Gasteiger partial charge in [-0.2, -0.15) is 5.10 Å². The van der Waals surface area contributed by atoms with Gasteiger partial charge in [0, 0.05) is 6.20 Å². The van der Waals surface area contributed by atoms with E-state index in [1.54, 1.807) is 6.20 Å². The van der Waals surface area contributed by atoms with E-state index < -0.39 is 0 Å². The summed E-state index contributed by atoms with van der Waals surface area (Å²) in [5.74, 6) is 0. The number of hydrogen-bond acceptors (Lipinski definition) is 2. The lowest BCUT2D eigenvalue weighted by molar-refractivity contribution is 0.952. The molecule has 1 N–H and O–H groups in total. The quantitative estimate of drug-likeness (QED) is 0.591. The van der Waals surface area contributed by atoms with Crippen molar-refractivity contribution >= 4 is 29.0 Å². The molecule has 4 nitrogen and oxygen atoms in total. The molecule has 0 aromatic carbocycles. The number of hydrogen-bond donors (Lipinski definition) is 1. The minimum Gasteiger partial charge on any atom is -0.259 e. The van der Waals surface area contributed by atoms with Gasteiger partial charge in [0.15, 0.2) is 5.65 Å². The number of aromatic amines is 1. The van der Waals surface area contributed by atoms with Crippen LogP contribution in [-0.4, -0.2) is 19.8 Å². The molecule has 0 atom stereocenters. The minimum atomic E-state index is 0. The number of nitrogens with one attached hydrogen (secondary N) is 1. The maximum atomic E-state index is 4.27. The average molecular weight is 195 g/mol. The molecule has 3 aromatic heterocycles. The highest BCUT2D eigenvalue weighted by Crippen LogP contribution is 2.15. The summed E-state index contributed by atoms with van der Waals surface area (Å²) in [6.07, 6.45) is 3.71. The van der Waals surface area contributed by atoms with E-state index in [9.17, 15) is 0 Å². The maximum absolute atomic E-state index is 4.27. The summed E-state index contributed by atoms with van der Waals surface area (Å²) >= 11 is 0. The molecule has 3 aromatic rings. The summed E-state index contributed by atoms with van der Waals surface area (Å²) in [7, 11) is 0. The van der Waals surface area contributed by atoms with Crippen LogP contribution >= 0.6 is 12.4 Å². The first kappa shape index (κ1) is 8.07. The van der Waals surface area contributed by atoms with Crippen LogP contribution in [0, 0.1) is 0 Å². The molecule has 0 fully saturated rings. The Morgan fingerprint density at radius 2 is 2.23 bits per heavy atom. The molecule has 0 spiro atoms. The Morgan fingerprint density at radius 3 is 3.15 bits per heavy atom. The van der Waals surface area contributed by atoms with Crippen LogP contribution in [0.1, 0.15) is 0 Å². The number of aromatic nitrogens is 4. The largest absolute Gasteiger partial charge is 0.259 e. The van der Waals surface area contributed by atoms with E-state index in [1.807, 2.05) is 28.9 Å². The van der Waals surface area contributed by atoms with E-state index in [-0.39, 0.29) is 12.4 Å². The standard InChI is InChI=1S/C8H6N4.ClH/c1-2-4-12-7(3-1)6-5-9-10-8(6)11-12;/h1-5H,(H,10,11);1H. The topological polar surface area (TPSA) is 46.0 Å². The van der Waals surface area contributed by atoms with E-state index in [0.717, 1.165) is 16.6 Å². The lowest BCUT2D eigenvalue weighted by Gasteiger charge is -1.88. The van der Waals surface area contributed by atoms with Crippen molar-refractivity contribution in [2.75, 3.05) is 0 Å². The molecule has 3 heterocycles. The number of fused-ring (bicyclic) bond motifs is 3. The molecule has 0 saturated carbocycles. The van der Waals surface area contributed by atoms with Crippen molar-refractivity contribution in [1.82, 2.24) is 19.8 Å². The molecule has 3 rings (SSSR count). The second-order valence-corrected chi connectivity index (χ2v) is 2.66. The third-order valence-corrected chi connectivity index (χ3v) is 1.94. The van der Waals surface area contributed by atoms with Crippen molar-refractivity contribution in [2.24, 2.45) is 0 Å². The molecule has 0 bridgehead atoms. The number of nitrogens with zero attached hydrogens (tertiary/aromatic N) is 3. The van der Waals surface area contributed by atoms with Gasteiger partial charge < -0.3 is 0 Å². The smallest absolute Gasteiger partial charge is 0.178 e. The van der Waals surface area contributed by atoms with Gasteiger partial charge in [0.2, 0.25) is 0 Å². The van der Waals surface area contributed by atoms with Gasteiger partial charge in [-0.1, -0.05) is 6.07 Å². The maximum Gasteiger partial charge on any atom is 0.178 e. The first-order chi connectivity index (χ1) is 5.95. The highest BCUT2D eigenvalue weighted by Gasteiger charge is 2.03. The van der Waals surface area contributed by atoms with Crippen LogP contribution in [0.2, 0.25) is 0 Å². The van der Waals surface area contributed by atoms with Crippen LogP contribution in [0.4, 0.5) is 0 Å². The predicted octanol–water partition coefficient (Wildman–Crippen LogP) is 1.63. The number of H-pyrrole nitrogens is 1. The van der Waals surface area contributed by atoms with Gasteiger partial charge in [0.1, 0.15) is 0 Å². The second-order valence-electron chi connectivity index (χ2n) is 2.66. The summed E-state index contributed by atoms with van der Waals surface area (Å²) in [5.41, 5.74) is 1.92. The molecule has 66 valence electrons. The van der Waals surface area contributed by atoms with Crippen molar-refractivity contribution in [2.45, 2.75) is 0 Å². The fraction of sp³-hybridized carbons (Fsp3) is 0. The monoisotopic (exact) mass is 194 g/mol. The van der Waals surface area contributed by atoms with Crippen molar-refractivity contribution < 1.29 is 0 Å². The van der Waals surface area contributed by atoms with E-state index in [2.05, 4.69) is 15.3 Å². The first-order valence-corrected chi connectivity index (χ1v) is 3.71. The van der Waals surface area contributed by atoms with E-state index in [4.69, 9.17) is 0 Å². The highest BCUT2D eigenvalue weighted by molar-refractivity contribution is 5.91. The molecule has 5 heteroatoms. The SMILES string of the molecule is Cl.c1ccn2nc3[nH]ncc3c2c1. The molecule has 0 unspecified atom stereocenters. The first-order valence-electron chi connectivity index (χ1n) is 3.71. The summed E-state index contributed by atoms with van der Waals surface area (Å²) in [6, 6.07) is 5.96. The highest BCUT2D eigenvalue weighted by atomic mass is 35.5. The van der Waals surface area contributed by atoms with Crippen LogP contribution < -0.4 is 0 Å². The number of pyridine rings is 1. The molecular formula is C8H7ClN4. The normalized spacial score (nSPS) is 10.5. The Hall–Kier alpha value is -1.55. The Morgan fingerprint density at radius 1 is 1.31 bits per heavy atom. The molecule has 0 aliphatic heterocycles. The molecule has 0 amide bonds. The van der Waals surface area contributed by atoms with Crippen LogP contribution in [0.15, 0.2) is 30.6 Å². The fourth-order valence-corrected chi connectivity index (χ4v) is 1.39. The number of rotatable bonds is 0. The van der Waals surface area contributed by atoms with Gasteiger partial charge in [0.05, 0.1) is 17.1 Å². The van der Waals surface area contributed by atoms with Gasteiger partial charge >= 0.3 is 0 Å². The third kappa shape index (κ3) is 0.990. The van der Waals surface area contributed by atoms with Crippen LogP contribution in [-0.2, 0) is 0 Å². The van der Waals surface area contributed by atoms with Gasteiger partial charge in [-0.15, -0.1) is 17.5 Å². The molecular weight excluding hydrogens is 188 g/mol. The van der Waals surface area contributed by atoms with Crippen molar-refractivity contribution in [3.8, 4) is 0 Å². The van der Waals surface area contributed by atoms with Gasteiger partial charge in [0.25, 0.3) is 0 Å². The number of halogens is 1. The molecule has 0 radical (unpaired) electrons. The summed E-state index contributed by atoms with van der Waals surface area (Å²) in [4.78, 5) is 0. The Bertz CT molecular complexity index is 538. The van der Waals surface area contributed by atoms with Crippen molar-refractivity contribution in [3.05, 3.63) is 30.6 Å².